The lowest BCUT2D eigenvalue weighted by molar-refractivity contribution is 0.100. The van der Waals surface area contributed by atoms with Crippen LogP contribution in [0.15, 0.2) is 48.8 Å². The first kappa shape index (κ1) is 16.6. The number of hydrogen-bond acceptors (Lipinski definition) is 3. The first-order valence-corrected chi connectivity index (χ1v) is 8.82. The Morgan fingerprint density at radius 3 is 2.69 bits per heavy atom. The van der Waals surface area contributed by atoms with E-state index < -0.39 is 12.1 Å². The van der Waals surface area contributed by atoms with Crippen LogP contribution in [0.2, 0.25) is 0 Å². The standard InChI is InChI=1S/C20H21FN4O/c1-12-7-8-16(18(12)21)24-19-15(20(22)26)10-23-25-11-14(9-17(19)25)13-5-3-2-4-6-13/h2-6,9-12,16,18,24H,7-8H2,1H3,(H2,22,26)/t12-,16+,18-/m0/s1. The van der Waals surface area contributed by atoms with Crippen LogP contribution in [0.5, 0.6) is 0 Å². The Hall–Kier alpha value is -2.89. The van der Waals surface area contributed by atoms with E-state index >= 15 is 0 Å². The summed E-state index contributed by atoms with van der Waals surface area (Å²) in [5.41, 5.74) is 9.10. The lowest BCUT2D eigenvalue weighted by Gasteiger charge is -2.20. The van der Waals surface area contributed by atoms with Crippen molar-refractivity contribution in [2.75, 3.05) is 5.32 Å². The number of benzene rings is 1. The number of nitrogens with zero attached hydrogens (tertiary/aromatic N) is 2. The Balaban J connectivity index is 1.81. The number of nitrogens with two attached hydrogens (primary N) is 1. The molecule has 4 rings (SSSR count). The molecule has 134 valence electrons. The van der Waals surface area contributed by atoms with E-state index in [0.717, 1.165) is 24.0 Å². The summed E-state index contributed by atoms with van der Waals surface area (Å²) in [6.45, 7) is 1.91. The summed E-state index contributed by atoms with van der Waals surface area (Å²) in [5, 5.41) is 7.54. The van der Waals surface area contributed by atoms with Gasteiger partial charge in [-0.1, -0.05) is 37.3 Å². The Bertz CT molecular complexity index is 953. The Morgan fingerprint density at radius 2 is 2.04 bits per heavy atom. The molecule has 6 heteroatoms. The maximum atomic E-state index is 14.5. The van der Waals surface area contributed by atoms with Gasteiger partial charge >= 0.3 is 0 Å². The van der Waals surface area contributed by atoms with E-state index in [0.29, 0.717) is 11.2 Å². The quantitative estimate of drug-likeness (QED) is 0.753. The molecule has 2 heterocycles. The van der Waals surface area contributed by atoms with Crippen molar-refractivity contribution in [3.63, 3.8) is 0 Å². The summed E-state index contributed by atoms with van der Waals surface area (Å²) in [5.74, 6) is -0.569. The van der Waals surface area contributed by atoms with E-state index in [-0.39, 0.29) is 17.5 Å². The molecule has 1 aliphatic carbocycles. The van der Waals surface area contributed by atoms with E-state index in [1.807, 2.05) is 49.5 Å². The molecule has 0 aliphatic heterocycles. The van der Waals surface area contributed by atoms with Gasteiger partial charge in [0, 0.05) is 11.8 Å². The number of halogens is 1. The highest BCUT2D eigenvalue weighted by molar-refractivity contribution is 6.02. The summed E-state index contributed by atoms with van der Waals surface area (Å²) in [7, 11) is 0. The minimum Gasteiger partial charge on any atom is -0.377 e. The van der Waals surface area contributed by atoms with E-state index in [1.165, 1.54) is 6.20 Å². The third-order valence-electron chi connectivity index (χ3n) is 5.20. The van der Waals surface area contributed by atoms with E-state index in [1.54, 1.807) is 4.52 Å². The minimum absolute atomic E-state index is 0.00838. The Labute approximate surface area is 151 Å². The normalized spacial score (nSPS) is 22.6. The molecule has 1 amide bonds. The fraction of sp³-hybridized carbons (Fsp3) is 0.300. The number of hydrogen-bond donors (Lipinski definition) is 2. The number of alkyl halides is 1. The number of fused-ring (bicyclic) bond motifs is 1. The van der Waals surface area contributed by atoms with Crippen LogP contribution >= 0.6 is 0 Å². The number of carbonyl (C=O) groups excluding carboxylic acids is 1. The molecule has 2 aromatic heterocycles. The van der Waals surface area contributed by atoms with Crippen LogP contribution in [0.25, 0.3) is 16.6 Å². The van der Waals surface area contributed by atoms with Gasteiger partial charge in [0.15, 0.2) is 0 Å². The van der Waals surface area contributed by atoms with Crippen molar-refractivity contribution < 1.29 is 9.18 Å². The fourth-order valence-corrected chi connectivity index (χ4v) is 3.68. The molecule has 0 radical (unpaired) electrons. The van der Waals surface area contributed by atoms with Crippen LogP contribution in [0.1, 0.15) is 30.1 Å². The maximum absolute atomic E-state index is 14.5. The lowest BCUT2D eigenvalue weighted by Crippen LogP contribution is -2.29. The number of carbonyl (C=O) groups is 1. The minimum atomic E-state index is -0.951. The van der Waals surface area contributed by atoms with Crippen molar-refractivity contribution in [1.82, 2.24) is 9.61 Å². The van der Waals surface area contributed by atoms with Crippen molar-refractivity contribution in [2.24, 2.45) is 11.7 Å². The van der Waals surface area contributed by atoms with Crippen molar-refractivity contribution in [2.45, 2.75) is 32.0 Å². The molecule has 3 N–H and O–H groups in total. The van der Waals surface area contributed by atoms with Crippen LogP contribution in [0.3, 0.4) is 0 Å². The van der Waals surface area contributed by atoms with Crippen molar-refractivity contribution in [1.29, 1.82) is 0 Å². The molecular weight excluding hydrogens is 331 g/mol. The van der Waals surface area contributed by atoms with Crippen LogP contribution in [0, 0.1) is 5.92 Å². The summed E-state index contributed by atoms with van der Waals surface area (Å²) in [6.07, 6.45) is 3.93. The van der Waals surface area contributed by atoms with Gasteiger partial charge in [-0.25, -0.2) is 8.91 Å². The molecule has 1 saturated carbocycles. The summed E-state index contributed by atoms with van der Waals surface area (Å²) in [4.78, 5) is 11.9. The van der Waals surface area contributed by atoms with E-state index in [9.17, 15) is 9.18 Å². The lowest BCUT2D eigenvalue weighted by atomic mass is 10.1. The number of primary amides is 1. The van der Waals surface area contributed by atoms with Crippen LogP contribution in [-0.4, -0.2) is 27.7 Å². The van der Waals surface area contributed by atoms with Crippen molar-refractivity contribution in [3.05, 3.63) is 54.4 Å². The third-order valence-corrected chi connectivity index (χ3v) is 5.20. The number of amides is 1. The van der Waals surface area contributed by atoms with Crippen molar-refractivity contribution >= 4 is 17.1 Å². The maximum Gasteiger partial charge on any atom is 0.252 e. The molecule has 0 bridgehead atoms. The van der Waals surface area contributed by atoms with Gasteiger partial charge < -0.3 is 11.1 Å². The van der Waals surface area contributed by atoms with Gasteiger partial charge in [-0.2, -0.15) is 5.10 Å². The predicted molar refractivity (Wildman–Crippen MR) is 99.9 cm³/mol. The molecule has 1 aliphatic rings. The van der Waals surface area contributed by atoms with E-state index in [2.05, 4.69) is 10.4 Å². The summed E-state index contributed by atoms with van der Waals surface area (Å²) < 4.78 is 16.2. The van der Waals surface area contributed by atoms with Crippen LogP contribution in [0.4, 0.5) is 10.1 Å². The van der Waals surface area contributed by atoms with Crippen LogP contribution < -0.4 is 11.1 Å². The molecule has 0 spiro atoms. The molecule has 1 fully saturated rings. The monoisotopic (exact) mass is 352 g/mol. The van der Waals surface area contributed by atoms with Gasteiger partial charge in [-0.05, 0) is 30.4 Å². The first-order valence-electron chi connectivity index (χ1n) is 8.82. The number of aromatic nitrogens is 2. The van der Waals surface area contributed by atoms with Crippen molar-refractivity contribution in [3.8, 4) is 11.1 Å². The topological polar surface area (TPSA) is 72.4 Å². The smallest absolute Gasteiger partial charge is 0.252 e. The highest BCUT2D eigenvalue weighted by atomic mass is 19.1. The van der Waals surface area contributed by atoms with Gasteiger partial charge in [0.25, 0.3) is 5.91 Å². The second-order valence-corrected chi connectivity index (χ2v) is 6.97. The van der Waals surface area contributed by atoms with Gasteiger partial charge in [-0.3, -0.25) is 4.79 Å². The van der Waals surface area contributed by atoms with Gasteiger partial charge in [0.2, 0.25) is 0 Å². The zero-order valence-electron chi connectivity index (χ0n) is 14.5. The number of anilines is 1. The average Bonchev–Trinajstić information content (AvgIpc) is 3.21. The second kappa shape index (κ2) is 6.44. The number of rotatable bonds is 4. The largest absolute Gasteiger partial charge is 0.377 e. The highest BCUT2D eigenvalue weighted by Crippen LogP contribution is 2.34. The average molecular weight is 352 g/mol. The molecule has 26 heavy (non-hydrogen) atoms. The van der Waals surface area contributed by atoms with Gasteiger partial charge in [0.05, 0.1) is 29.0 Å². The van der Waals surface area contributed by atoms with Gasteiger partial charge in [-0.15, -0.1) is 0 Å². The number of nitrogens with one attached hydrogen (secondary N) is 1. The second-order valence-electron chi connectivity index (χ2n) is 6.97. The molecule has 5 nitrogen and oxygen atoms in total. The molecule has 3 atom stereocenters. The predicted octanol–water partition coefficient (Wildman–Crippen LogP) is 3.65. The third kappa shape index (κ3) is 2.81. The molecule has 0 saturated heterocycles. The first-order chi connectivity index (χ1) is 12.5. The molecule has 3 aromatic rings. The summed E-state index contributed by atoms with van der Waals surface area (Å²) >= 11 is 0. The molecular formula is C20H21FN4O. The zero-order chi connectivity index (χ0) is 18.3. The van der Waals surface area contributed by atoms with Gasteiger partial charge in [0.1, 0.15) is 6.17 Å². The van der Waals surface area contributed by atoms with Crippen LogP contribution in [-0.2, 0) is 0 Å². The molecule has 1 aromatic carbocycles. The fourth-order valence-electron chi connectivity index (χ4n) is 3.68. The SMILES string of the molecule is C[C@H]1CC[C@@H](Nc2c(C(N)=O)cnn3cc(-c4ccccc4)cc23)[C@H]1F. The Morgan fingerprint density at radius 1 is 1.27 bits per heavy atom. The highest BCUT2D eigenvalue weighted by Gasteiger charge is 2.34. The van der Waals surface area contributed by atoms with E-state index in [4.69, 9.17) is 5.73 Å². The molecule has 0 unspecified atom stereocenters. The Kier molecular flexibility index (Phi) is 4.11. The zero-order valence-corrected chi connectivity index (χ0v) is 14.5. The summed E-state index contributed by atoms with van der Waals surface area (Å²) in [6, 6.07) is 11.5.